The van der Waals surface area contributed by atoms with Gasteiger partial charge in [0.2, 0.25) is 10.0 Å². The number of nitrogens with zero attached hydrogens (tertiary/aromatic N) is 2. The van der Waals surface area contributed by atoms with Crippen molar-refractivity contribution in [1.29, 1.82) is 0 Å². The first-order chi connectivity index (χ1) is 17.5. The first-order valence-electron chi connectivity index (χ1n) is 13.3. The van der Waals surface area contributed by atoms with Gasteiger partial charge < -0.3 is 10.1 Å². The van der Waals surface area contributed by atoms with Gasteiger partial charge in [-0.1, -0.05) is 55.5 Å². The predicted octanol–water partition coefficient (Wildman–Crippen LogP) is 4.47. The summed E-state index contributed by atoms with van der Waals surface area (Å²) in [6.45, 7) is 10.6. The number of hydrogen-bond acceptors (Lipinski definition) is 6. The third-order valence-corrected chi connectivity index (χ3v) is 8.70. The molecule has 37 heavy (non-hydrogen) atoms. The molecular formula is C29H43N3O4S. The third-order valence-electron chi connectivity index (χ3n) is 6.86. The van der Waals surface area contributed by atoms with Crippen LogP contribution in [0.25, 0.3) is 0 Å². The fourth-order valence-corrected chi connectivity index (χ4v) is 6.16. The smallest absolute Gasteiger partial charge is 0.309 e. The van der Waals surface area contributed by atoms with E-state index >= 15 is 0 Å². The van der Waals surface area contributed by atoms with Crippen LogP contribution in [-0.2, 0) is 19.6 Å². The summed E-state index contributed by atoms with van der Waals surface area (Å²) in [4.78, 5) is 15.4. The van der Waals surface area contributed by atoms with Gasteiger partial charge in [0.1, 0.15) is 5.60 Å². The van der Waals surface area contributed by atoms with E-state index in [1.54, 1.807) is 31.3 Å². The summed E-state index contributed by atoms with van der Waals surface area (Å²) in [6, 6.07) is 18.7. The molecule has 1 saturated heterocycles. The van der Waals surface area contributed by atoms with E-state index in [1.807, 2.05) is 45.0 Å². The number of ether oxygens (including phenoxy) is 1. The van der Waals surface area contributed by atoms with Crippen molar-refractivity contribution in [2.75, 3.05) is 33.2 Å². The number of carbonyl (C=O) groups excluding carboxylic acids is 1. The largest absolute Gasteiger partial charge is 0.460 e. The van der Waals surface area contributed by atoms with Crippen LogP contribution in [-0.4, -0.2) is 68.6 Å². The summed E-state index contributed by atoms with van der Waals surface area (Å²) >= 11 is 0. The first kappa shape index (κ1) is 29.3. The number of hydrogen-bond donors (Lipinski definition) is 1. The molecule has 0 spiro atoms. The van der Waals surface area contributed by atoms with Crippen LogP contribution in [0, 0.1) is 5.92 Å². The van der Waals surface area contributed by atoms with Crippen LogP contribution in [0.15, 0.2) is 65.6 Å². The Morgan fingerprint density at radius 3 is 2.32 bits per heavy atom. The van der Waals surface area contributed by atoms with Gasteiger partial charge in [-0.3, -0.25) is 9.69 Å². The zero-order valence-corrected chi connectivity index (χ0v) is 23.7. The minimum absolute atomic E-state index is 0.0375. The van der Waals surface area contributed by atoms with Gasteiger partial charge in [-0.05, 0) is 70.2 Å². The zero-order valence-electron chi connectivity index (χ0n) is 22.9. The van der Waals surface area contributed by atoms with E-state index < -0.39 is 15.6 Å². The first-order valence-corrected chi connectivity index (χ1v) is 14.7. The summed E-state index contributed by atoms with van der Waals surface area (Å²) in [7, 11) is -1.92. The summed E-state index contributed by atoms with van der Waals surface area (Å²) < 4.78 is 33.5. The average Bonchev–Trinajstić information content (AvgIpc) is 2.87. The highest BCUT2D eigenvalue weighted by atomic mass is 32.2. The van der Waals surface area contributed by atoms with Gasteiger partial charge in [0.15, 0.2) is 0 Å². The number of sulfonamides is 1. The number of carbonyl (C=O) groups is 1. The topological polar surface area (TPSA) is 79.0 Å². The van der Waals surface area contributed by atoms with Gasteiger partial charge in [-0.15, -0.1) is 0 Å². The maximum atomic E-state index is 13.2. The molecule has 0 saturated carbocycles. The molecule has 1 N–H and O–H groups in total. The van der Waals surface area contributed by atoms with Crippen LogP contribution < -0.4 is 5.32 Å². The monoisotopic (exact) mass is 529 g/mol. The Morgan fingerprint density at radius 2 is 1.73 bits per heavy atom. The summed E-state index contributed by atoms with van der Waals surface area (Å²) in [5.41, 5.74) is 0.637. The molecule has 7 nitrogen and oxygen atoms in total. The minimum Gasteiger partial charge on any atom is -0.460 e. The molecule has 0 amide bonds. The van der Waals surface area contributed by atoms with E-state index in [4.69, 9.17) is 4.74 Å². The van der Waals surface area contributed by atoms with Crippen molar-refractivity contribution in [3.05, 3.63) is 66.2 Å². The van der Waals surface area contributed by atoms with Gasteiger partial charge in [0.05, 0.1) is 17.0 Å². The minimum atomic E-state index is -3.58. The quantitative estimate of drug-likeness (QED) is 0.433. The Bertz CT molecular complexity index is 1090. The lowest BCUT2D eigenvalue weighted by molar-refractivity contribution is -0.162. The van der Waals surface area contributed by atoms with Crippen molar-refractivity contribution >= 4 is 16.0 Å². The number of rotatable bonds is 11. The van der Waals surface area contributed by atoms with Crippen LogP contribution in [0.2, 0.25) is 0 Å². The highest BCUT2D eigenvalue weighted by Crippen LogP contribution is 2.28. The number of esters is 1. The maximum Gasteiger partial charge on any atom is 0.309 e. The van der Waals surface area contributed by atoms with Crippen LogP contribution >= 0.6 is 0 Å². The van der Waals surface area contributed by atoms with Crippen molar-refractivity contribution in [1.82, 2.24) is 14.5 Å². The molecular weight excluding hydrogens is 486 g/mol. The van der Waals surface area contributed by atoms with Crippen LogP contribution in [0.5, 0.6) is 0 Å². The molecule has 2 aromatic carbocycles. The second-order valence-corrected chi connectivity index (χ2v) is 12.9. The van der Waals surface area contributed by atoms with Gasteiger partial charge >= 0.3 is 5.97 Å². The molecule has 2 aromatic rings. The highest BCUT2D eigenvalue weighted by molar-refractivity contribution is 7.89. The van der Waals surface area contributed by atoms with Crippen molar-refractivity contribution in [3.63, 3.8) is 0 Å². The van der Waals surface area contributed by atoms with Crippen molar-refractivity contribution in [2.45, 2.75) is 69.5 Å². The maximum absolute atomic E-state index is 13.2. The van der Waals surface area contributed by atoms with Crippen molar-refractivity contribution in [2.24, 2.45) is 5.92 Å². The fourth-order valence-electron chi connectivity index (χ4n) is 4.92. The van der Waals surface area contributed by atoms with Gasteiger partial charge in [0.25, 0.3) is 0 Å². The van der Waals surface area contributed by atoms with E-state index in [-0.39, 0.29) is 24.0 Å². The SMILES string of the molecule is CCNC1CC(C(=O)OC(C)(C)C)CCN1CCC(CN(C)S(=O)(=O)c1ccccc1)c1ccccc1. The van der Waals surface area contributed by atoms with Crippen LogP contribution in [0.3, 0.4) is 0 Å². The Balaban J connectivity index is 1.70. The lowest BCUT2D eigenvalue weighted by Crippen LogP contribution is -2.52. The molecule has 8 heteroatoms. The molecule has 1 heterocycles. The van der Waals surface area contributed by atoms with Gasteiger partial charge in [-0.2, -0.15) is 0 Å². The highest BCUT2D eigenvalue weighted by Gasteiger charge is 2.35. The molecule has 1 aliphatic heterocycles. The summed E-state index contributed by atoms with van der Waals surface area (Å²) in [5, 5.41) is 3.54. The standard InChI is InChI=1S/C29H43N3O4S/c1-6-30-27-21-24(28(33)36-29(2,3)4)17-19-32(27)20-18-25(23-13-9-7-10-14-23)22-31(5)37(34,35)26-15-11-8-12-16-26/h7-16,24-25,27,30H,6,17-22H2,1-5H3. The van der Waals surface area contributed by atoms with Crippen molar-refractivity contribution in [3.8, 4) is 0 Å². The van der Waals surface area contributed by atoms with Crippen LogP contribution in [0.1, 0.15) is 58.4 Å². The number of likely N-dealkylation sites (N-methyl/N-ethyl adjacent to an activating group) is 1. The van der Waals surface area contributed by atoms with E-state index in [9.17, 15) is 13.2 Å². The van der Waals surface area contributed by atoms with Gasteiger partial charge in [-0.25, -0.2) is 12.7 Å². The number of likely N-dealkylation sites (tertiary alicyclic amines) is 1. The van der Waals surface area contributed by atoms with E-state index in [0.717, 1.165) is 38.0 Å². The van der Waals surface area contributed by atoms with E-state index in [1.165, 1.54) is 4.31 Å². The lowest BCUT2D eigenvalue weighted by Gasteiger charge is -2.40. The number of benzene rings is 2. The number of piperidine rings is 1. The Labute approximate surface area is 223 Å². The third kappa shape index (κ3) is 8.37. The molecule has 3 rings (SSSR count). The number of nitrogens with one attached hydrogen (secondary N) is 1. The zero-order chi connectivity index (χ0) is 27.1. The second-order valence-electron chi connectivity index (χ2n) is 10.9. The van der Waals surface area contributed by atoms with E-state index in [2.05, 4.69) is 29.3 Å². The molecule has 0 aliphatic carbocycles. The Hall–Kier alpha value is -2.26. The normalized spacial score (nSPS) is 20.1. The molecule has 204 valence electrons. The molecule has 1 fully saturated rings. The van der Waals surface area contributed by atoms with E-state index in [0.29, 0.717) is 17.9 Å². The Kier molecular flexibility index (Phi) is 10.3. The lowest BCUT2D eigenvalue weighted by atomic mass is 9.91. The fraction of sp³-hybridized carbons (Fsp3) is 0.552. The summed E-state index contributed by atoms with van der Waals surface area (Å²) in [5.74, 6) is -0.202. The summed E-state index contributed by atoms with van der Waals surface area (Å²) in [6.07, 6.45) is 2.35. The second kappa shape index (κ2) is 13.0. The molecule has 0 radical (unpaired) electrons. The average molecular weight is 530 g/mol. The Morgan fingerprint density at radius 1 is 1.11 bits per heavy atom. The molecule has 3 unspecified atom stereocenters. The molecule has 0 bridgehead atoms. The van der Waals surface area contributed by atoms with Crippen molar-refractivity contribution < 1.29 is 17.9 Å². The molecule has 0 aromatic heterocycles. The molecule has 1 aliphatic rings. The van der Waals surface area contributed by atoms with Gasteiger partial charge in [0, 0.05) is 26.7 Å². The predicted molar refractivity (Wildman–Crippen MR) is 148 cm³/mol. The van der Waals surface area contributed by atoms with Crippen LogP contribution in [0.4, 0.5) is 0 Å². The molecule has 3 atom stereocenters.